The molecule has 6 heteroatoms. The number of benzene rings is 1. The van der Waals surface area contributed by atoms with Gasteiger partial charge in [0.25, 0.3) is 0 Å². The molecule has 0 spiro atoms. The summed E-state index contributed by atoms with van der Waals surface area (Å²) in [6, 6.07) is 3.06. The summed E-state index contributed by atoms with van der Waals surface area (Å²) >= 11 is 0. The minimum Gasteiger partial charge on any atom is -0.493 e. The Kier molecular flexibility index (Phi) is 3.02. The van der Waals surface area contributed by atoms with E-state index in [2.05, 4.69) is 0 Å². The molecule has 1 aromatic rings. The highest BCUT2D eigenvalue weighted by atomic mass is 19.4. The minimum absolute atomic E-state index is 0.0728. The summed E-state index contributed by atoms with van der Waals surface area (Å²) in [5.41, 5.74) is 0.0620. The Morgan fingerprint density at radius 1 is 1.39 bits per heavy atom. The van der Waals surface area contributed by atoms with Crippen LogP contribution in [0.4, 0.5) is 13.2 Å². The number of rotatable bonds is 1. The van der Waals surface area contributed by atoms with Gasteiger partial charge in [-0.1, -0.05) is 6.07 Å². The zero-order valence-corrected chi connectivity index (χ0v) is 9.12. The molecular weight excluding hydrogens is 249 g/mol. The molecule has 1 N–H and O–H groups in total. The van der Waals surface area contributed by atoms with Crippen LogP contribution in [0.15, 0.2) is 24.3 Å². The van der Waals surface area contributed by atoms with Crippen molar-refractivity contribution in [3.63, 3.8) is 0 Å². The Bertz CT molecular complexity index is 518. The van der Waals surface area contributed by atoms with Gasteiger partial charge in [-0.05, 0) is 17.7 Å². The van der Waals surface area contributed by atoms with E-state index in [0.717, 1.165) is 18.2 Å². The Labute approximate surface area is 100 Å². The molecule has 2 rings (SSSR count). The maximum absolute atomic E-state index is 12.5. The monoisotopic (exact) mass is 258 g/mol. The third-order valence-corrected chi connectivity index (χ3v) is 2.58. The highest BCUT2D eigenvalue weighted by Gasteiger charge is 2.32. The molecule has 0 atom stereocenters. The highest BCUT2D eigenvalue weighted by Crippen LogP contribution is 2.38. The van der Waals surface area contributed by atoms with Crippen LogP contribution in [0.1, 0.15) is 17.5 Å². The number of carbonyl (C=O) groups is 1. The molecule has 96 valence electrons. The van der Waals surface area contributed by atoms with Gasteiger partial charge in [-0.25, -0.2) is 4.79 Å². The summed E-state index contributed by atoms with van der Waals surface area (Å²) in [5, 5.41) is 8.68. The Morgan fingerprint density at radius 2 is 2.11 bits per heavy atom. The van der Waals surface area contributed by atoms with Crippen LogP contribution >= 0.6 is 0 Å². The topological polar surface area (TPSA) is 46.5 Å². The third kappa shape index (κ3) is 2.47. The van der Waals surface area contributed by atoms with Crippen molar-refractivity contribution in [1.29, 1.82) is 0 Å². The molecule has 1 aliphatic heterocycles. The average molecular weight is 258 g/mol. The summed E-state index contributed by atoms with van der Waals surface area (Å²) in [6.07, 6.45) is -3.08. The Hall–Kier alpha value is -1.98. The second-order valence-corrected chi connectivity index (χ2v) is 3.81. The number of hydrogen-bond donors (Lipinski definition) is 1. The summed E-state index contributed by atoms with van der Waals surface area (Å²) in [5.74, 6) is -1.05. The first-order valence-electron chi connectivity index (χ1n) is 5.16. The van der Waals surface area contributed by atoms with E-state index in [9.17, 15) is 18.0 Å². The molecule has 0 saturated carbocycles. The molecule has 18 heavy (non-hydrogen) atoms. The molecule has 0 saturated heterocycles. The van der Waals surface area contributed by atoms with E-state index in [4.69, 9.17) is 9.84 Å². The third-order valence-electron chi connectivity index (χ3n) is 2.58. The zero-order valence-electron chi connectivity index (χ0n) is 9.12. The number of carboxylic acids is 1. The molecule has 0 unspecified atom stereocenters. The SMILES string of the molecule is O=C(O)C=C1CCOc2cc(C(F)(F)F)ccc21. The lowest BCUT2D eigenvalue weighted by Gasteiger charge is -2.21. The van der Waals surface area contributed by atoms with Crippen molar-refractivity contribution in [2.45, 2.75) is 12.6 Å². The van der Waals surface area contributed by atoms with Crippen LogP contribution in [0.2, 0.25) is 0 Å². The fourth-order valence-electron chi connectivity index (χ4n) is 1.79. The van der Waals surface area contributed by atoms with Gasteiger partial charge in [0.05, 0.1) is 12.2 Å². The molecule has 1 heterocycles. The van der Waals surface area contributed by atoms with Crippen LogP contribution in [0.25, 0.3) is 5.57 Å². The molecule has 1 aromatic carbocycles. The van der Waals surface area contributed by atoms with E-state index >= 15 is 0 Å². The molecule has 0 fully saturated rings. The number of ether oxygens (including phenoxy) is 1. The molecule has 1 aliphatic rings. The van der Waals surface area contributed by atoms with Gasteiger partial charge >= 0.3 is 12.1 Å². The predicted octanol–water partition coefficient (Wildman–Crippen LogP) is 2.96. The first-order chi connectivity index (χ1) is 8.38. The summed E-state index contributed by atoms with van der Waals surface area (Å²) < 4.78 is 42.6. The van der Waals surface area contributed by atoms with Crippen molar-refractivity contribution < 1.29 is 27.8 Å². The molecule has 0 amide bonds. The first-order valence-corrected chi connectivity index (χ1v) is 5.16. The minimum atomic E-state index is -4.44. The van der Waals surface area contributed by atoms with E-state index < -0.39 is 17.7 Å². The smallest absolute Gasteiger partial charge is 0.416 e. The van der Waals surface area contributed by atoms with Crippen LogP contribution < -0.4 is 4.74 Å². The van der Waals surface area contributed by atoms with E-state index in [1.54, 1.807) is 0 Å². The largest absolute Gasteiger partial charge is 0.493 e. The normalized spacial score (nSPS) is 17.2. The lowest BCUT2D eigenvalue weighted by molar-refractivity contribution is -0.137. The lowest BCUT2D eigenvalue weighted by Crippen LogP contribution is -2.11. The van der Waals surface area contributed by atoms with Crippen molar-refractivity contribution in [2.24, 2.45) is 0 Å². The molecular formula is C12H9F3O3. The van der Waals surface area contributed by atoms with Gasteiger partial charge in [-0.3, -0.25) is 0 Å². The van der Waals surface area contributed by atoms with E-state index in [1.165, 1.54) is 6.07 Å². The fraction of sp³-hybridized carbons (Fsp3) is 0.250. The van der Waals surface area contributed by atoms with E-state index in [1.807, 2.05) is 0 Å². The van der Waals surface area contributed by atoms with Crippen molar-refractivity contribution in [3.8, 4) is 5.75 Å². The number of fused-ring (bicyclic) bond motifs is 1. The summed E-state index contributed by atoms with van der Waals surface area (Å²) in [7, 11) is 0. The number of hydrogen-bond acceptors (Lipinski definition) is 2. The van der Waals surface area contributed by atoms with Crippen LogP contribution in [0.3, 0.4) is 0 Å². The maximum Gasteiger partial charge on any atom is 0.416 e. The van der Waals surface area contributed by atoms with Gasteiger partial charge in [0.2, 0.25) is 0 Å². The lowest BCUT2D eigenvalue weighted by atomic mass is 9.97. The maximum atomic E-state index is 12.5. The van der Waals surface area contributed by atoms with E-state index in [0.29, 0.717) is 17.6 Å². The Balaban J connectivity index is 2.46. The van der Waals surface area contributed by atoms with E-state index in [-0.39, 0.29) is 12.4 Å². The quantitative estimate of drug-likeness (QED) is 0.788. The fourth-order valence-corrected chi connectivity index (χ4v) is 1.79. The second-order valence-electron chi connectivity index (χ2n) is 3.81. The molecule has 3 nitrogen and oxygen atoms in total. The van der Waals surface area contributed by atoms with Crippen molar-refractivity contribution in [3.05, 3.63) is 35.4 Å². The van der Waals surface area contributed by atoms with Crippen molar-refractivity contribution in [1.82, 2.24) is 0 Å². The van der Waals surface area contributed by atoms with Crippen LogP contribution in [0.5, 0.6) is 5.75 Å². The summed E-state index contributed by atoms with van der Waals surface area (Å²) in [4.78, 5) is 10.6. The highest BCUT2D eigenvalue weighted by molar-refractivity contribution is 5.91. The van der Waals surface area contributed by atoms with Gasteiger partial charge in [-0.2, -0.15) is 13.2 Å². The zero-order chi connectivity index (χ0) is 13.3. The van der Waals surface area contributed by atoms with Crippen LogP contribution in [-0.2, 0) is 11.0 Å². The standard InChI is InChI=1S/C12H9F3O3/c13-12(14,15)8-1-2-9-7(5-11(16)17)3-4-18-10(9)6-8/h1-2,5-6H,3-4H2,(H,16,17). The van der Waals surface area contributed by atoms with Gasteiger partial charge in [0, 0.05) is 18.1 Å². The predicted molar refractivity (Wildman–Crippen MR) is 57.2 cm³/mol. The second kappa shape index (κ2) is 4.36. The number of alkyl halides is 3. The van der Waals surface area contributed by atoms with Crippen LogP contribution in [0, 0.1) is 0 Å². The van der Waals surface area contributed by atoms with Crippen molar-refractivity contribution in [2.75, 3.05) is 6.61 Å². The number of aliphatic carboxylic acids is 1. The molecule has 0 bridgehead atoms. The molecule has 0 aliphatic carbocycles. The van der Waals surface area contributed by atoms with Gasteiger partial charge in [0.1, 0.15) is 5.75 Å². The molecule has 0 radical (unpaired) electrons. The summed E-state index contributed by atoms with van der Waals surface area (Å²) in [6.45, 7) is 0.174. The van der Waals surface area contributed by atoms with Gasteiger partial charge < -0.3 is 9.84 Å². The van der Waals surface area contributed by atoms with Crippen LogP contribution in [-0.4, -0.2) is 17.7 Å². The molecule has 0 aromatic heterocycles. The van der Waals surface area contributed by atoms with Gasteiger partial charge in [-0.15, -0.1) is 0 Å². The number of halogens is 3. The number of carboxylic acid groups (broad SMARTS) is 1. The Morgan fingerprint density at radius 3 is 2.72 bits per heavy atom. The average Bonchev–Trinajstić information content (AvgIpc) is 2.27. The van der Waals surface area contributed by atoms with Crippen molar-refractivity contribution >= 4 is 11.5 Å². The van der Waals surface area contributed by atoms with Gasteiger partial charge in [0.15, 0.2) is 0 Å². The first kappa shape index (κ1) is 12.5.